The highest BCUT2D eigenvalue weighted by Gasteiger charge is 2.63. The lowest BCUT2D eigenvalue weighted by atomic mass is 9.42. The lowest BCUT2D eigenvalue weighted by Crippen LogP contribution is -2.56. The first-order valence-corrected chi connectivity index (χ1v) is 7.78. The Morgan fingerprint density at radius 2 is 1.53 bits per heavy atom. The molecule has 0 N–H and O–H groups in total. The van der Waals surface area contributed by atoms with Crippen molar-refractivity contribution in [2.75, 3.05) is 0 Å². The lowest BCUT2D eigenvalue weighted by molar-refractivity contribution is -0.0830. The molecule has 2 aliphatic rings. The van der Waals surface area contributed by atoms with Gasteiger partial charge in [-0.25, -0.2) is 0 Å². The third-order valence-corrected chi connectivity index (χ3v) is 6.10. The molecule has 2 rings (SSSR count). The van der Waals surface area contributed by atoms with Crippen molar-refractivity contribution in [2.24, 2.45) is 22.2 Å². The molecule has 0 aliphatic heterocycles. The van der Waals surface area contributed by atoms with E-state index in [-0.39, 0.29) is 5.41 Å². The normalized spacial score (nSPS) is 37.0. The maximum absolute atomic E-state index is 10.1. The van der Waals surface area contributed by atoms with Crippen LogP contribution in [0, 0.1) is 44.8 Å². The third-order valence-electron chi connectivity index (χ3n) is 6.10. The van der Waals surface area contributed by atoms with Gasteiger partial charge in [0.15, 0.2) is 0 Å². The number of hydrogen-bond acceptors (Lipinski definition) is 2. The standard InChI is InChI=1S/C17H26N2/c1-14-8-7-9-15(2,3)17(14,13-19)16(12-18)10-5-4-6-11-16/h14H,4-11H2,1-3H3. The van der Waals surface area contributed by atoms with Crippen molar-refractivity contribution in [3.05, 3.63) is 0 Å². The van der Waals surface area contributed by atoms with Crippen molar-refractivity contribution in [1.82, 2.24) is 0 Å². The zero-order chi connectivity index (χ0) is 14.1. The van der Waals surface area contributed by atoms with Gasteiger partial charge in [-0.05, 0) is 37.0 Å². The third kappa shape index (κ3) is 1.80. The van der Waals surface area contributed by atoms with Crippen LogP contribution >= 0.6 is 0 Å². The summed E-state index contributed by atoms with van der Waals surface area (Å²) in [6, 6.07) is 5.34. The second-order valence-corrected chi connectivity index (χ2v) is 7.35. The molecule has 0 aromatic carbocycles. The topological polar surface area (TPSA) is 47.6 Å². The van der Waals surface area contributed by atoms with Gasteiger partial charge in [-0.2, -0.15) is 10.5 Å². The molecule has 0 radical (unpaired) electrons. The molecule has 0 aromatic heterocycles. The van der Waals surface area contributed by atoms with Gasteiger partial charge < -0.3 is 0 Å². The minimum absolute atomic E-state index is 0.0491. The Kier molecular flexibility index (Phi) is 3.65. The first kappa shape index (κ1) is 14.4. The SMILES string of the molecule is CC1CCCC(C)(C)C1(C#N)C1(C#N)CCCCC1. The minimum Gasteiger partial charge on any atom is -0.198 e. The fourth-order valence-corrected chi connectivity index (χ4v) is 5.17. The first-order valence-electron chi connectivity index (χ1n) is 7.78. The van der Waals surface area contributed by atoms with E-state index in [1.54, 1.807) is 0 Å². The summed E-state index contributed by atoms with van der Waals surface area (Å²) in [4.78, 5) is 0. The number of rotatable bonds is 1. The van der Waals surface area contributed by atoms with E-state index in [0.29, 0.717) is 5.92 Å². The maximum Gasteiger partial charge on any atom is 0.0835 e. The van der Waals surface area contributed by atoms with Gasteiger partial charge in [0.05, 0.1) is 23.0 Å². The first-order chi connectivity index (χ1) is 8.96. The van der Waals surface area contributed by atoms with Gasteiger partial charge in [0.2, 0.25) is 0 Å². The van der Waals surface area contributed by atoms with Crippen molar-refractivity contribution >= 4 is 0 Å². The van der Waals surface area contributed by atoms with E-state index in [0.717, 1.165) is 38.5 Å². The lowest BCUT2D eigenvalue weighted by Gasteiger charge is -2.58. The van der Waals surface area contributed by atoms with Gasteiger partial charge >= 0.3 is 0 Å². The fraction of sp³-hybridized carbons (Fsp3) is 0.882. The highest BCUT2D eigenvalue weighted by atomic mass is 14.7. The minimum atomic E-state index is -0.465. The summed E-state index contributed by atoms with van der Waals surface area (Å²) < 4.78 is 0. The second kappa shape index (κ2) is 4.82. The average molecular weight is 258 g/mol. The predicted octanol–water partition coefficient (Wildman–Crippen LogP) is 4.82. The molecule has 0 heterocycles. The Morgan fingerprint density at radius 1 is 0.895 bits per heavy atom. The molecule has 0 aromatic rings. The number of nitriles is 2. The molecule has 104 valence electrons. The zero-order valence-corrected chi connectivity index (χ0v) is 12.6. The van der Waals surface area contributed by atoms with Gasteiger partial charge in [-0.15, -0.1) is 0 Å². The molecule has 19 heavy (non-hydrogen) atoms. The largest absolute Gasteiger partial charge is 0.198 e. The van der Waals surface area contributed by atoms with Crippen LogP contribution in [0.25, 0.3) is 0 Å². The molecule has 0 saturated heterocycles. The highest BCUT2D eigenvalue weighted by Crippen LogP contribution is 2.65. The van der Waals surface area contributed by atoms with E-state index in [1.165, 1.54) is 12.8 Å². The van der Waals surface area contributed by atoms with E-state index in [9.17, 15) is 10.5 Å². The number of nitrogens with zero attached hydrogens (tertiary/aromatic N) is 2. The van der Waals surface area contributed by atoms with E-state index >= 15 is 0 Å². The summed E-state index contributed by atoms with van der Waals surface area (Å²) in [5, 5.41) is 20.0. The van der Waals surface area contributed by atoms with Crippen LogP contribution in [0.4, 0.5) is 0 Å². The van der Waals surface area contributed by atoms with Gasteiger partial charge in [0, 0.05) is 0 Å². The quantitative estimate of drug-likeness (QED) is 0.677. The molecule has 2 nitrogen and oxygen atoms in total. The van der Waals surface area contributed by atoms with Crippen LogP contribution in [0.15, 0.2) is 0 Å². The highest BCUT2D eigenvalue weighted by molar-refractivity contribution is 5.26. The Morgan fingerprint density at radius 3 is 2.00 bits per heavy atom. The Labute approximate surface area is 117 Å². The summed E-state index contributed by atoms with van der Waals surface area (Å²) in [6.45, 7) is 6.65. The molecule has 0 spiro atoms. The molecule has 2 saturated carbocycles. The smallest absolute Gasteiger partial charge is 0.0835 e. The molecule has 2 heteroatoms. The van der Waals surface area contributed by atoms with Crippen LogP contribution in [-0.2, 0) is 0 Å². The molecule has 2 unspecified atom stereocenters. The van der Waals surface area contributed by atoms with Crippen LogP contribution in [-0.4, -0.2) is 0 Å². The summed E-state index contributed by atoms with van der Waals surface area (Å²) >= 11 is 0. The fourth-order valence-electron chi connectivity index (χ4n) is 5.17. The molecule has 2 fully saturated rings. The zero-order valence-electron chi connectivity index (χ0n) is 12.6. The maximum atomic E-state index is 10.1. The second-order valence-electron chi connectivity index (χ2n) is 7.35. The summed E-state index contributed by atoms with van der Waals surface area (Å²) in [5.74, 6) is 0.332. The predicted molar refractivity (Wildman–Crippen MR) is 76.0 cm³/mol. The molecular weight excluding hydrogens is 232 g/mol. The number of hydrogen-bond donors (Lipinski definition) is 0. The summed E-state index contributed by atoms with van der Waals surface area (Å²) in [7, 11) is 0. The van der Waals surface area contributed by atoms with Gasteiger partial charge in [0.1, 0.15) is 0 Å². The van der Waals surface area contributed by atoms with Crippen molar-refractivity contribution in [2.45, 2.75) is 72.1 Å². The molecule has 0 amide bonds. The van der Waals surface area contributed by atoms with Crippen LogP contribution in [0.3, 0.4) is 0 Å². The van der Waals surface area contributed by atoms with Gasteiger partial charge in [-0.3, -0.25) is 0 Å². The Balaban J connectivity index is 2.56. The summed E-state index contributed by atoms with van der Waals surface area (Å²) in [5.41, 5.74) is -0.927. The molecule has 2 atom stereocenters. The van der Waals surface area contributed by atoms with E-state index in [1.807, 2.05) is 0 Å². The van der Waals surface area contributed by atoms with Crippen LogP contribution < -0.4 is 0 Å². The van der Waals surface area contributed by atoms with Gasteiger partial charge in [0.25, 0.3) is 0 Å². The van der Waals surface area contributed by atoms with Crippen LogP contribution in [0.1, 0.15) is 72.1 Å². The summed E-state index contributed by atoms with van der Waals surface area (Å²) in [6.07, 6.45) is 8.66. The van der Waals surface area contributed by atoms with Crippen LogP contribution in [0.2, 0.25) is 0 Å². The molecule has 0 bridgehead atoms. The van der Waals surface area contributed by atoms with E-state index in [4.69, 9.17) is 0 Å². The van der Waals surface area contributed by atoms with E-state index < -0.39 is 10.8 Å². The van der Waals surface area contributed by atoms with Crippen molar-refractivity contribution < 1.29 is 0 Å². The monoisotopic (exact) mass is 258 g/mol. The van der Waals surface area contributed by atoms with Crippen molar-refractivity contribution in [1.29, 1.82) is 10.5 Å². The molecular formula is C17H26N2. The molecule has 2 aliphatic carbocycles. The van der Waals surface area contributed by atoms with Crippen LogP contribution in [0.5, 0.6) is 0 Å². The Bertz CT molecular complexity index is 418. The van der Waals surface area contributed by atoms with Crippen molar-refractivity contribution in [3.8, 4) is 12.1 Å². The average Bonchev–Trinajstić information content (AvgIpc) is 2.39. The van der Waals surface area contributed by atoms with Gasteiger partial charge in [-0.1, -0.05) is 46.5 Å². The Hall–Kier alpha value is -1.02. The van der Waals surface area contributed by atoms with Crippen molar-refractivity contribution in [3.63, 3.8) is 0 Å². The van der Waals surface area contributed by atoms with E-state index in [2.05, 4.69) is 32.9 Å².